The van der Waals surface area contributed by atoms with Crippen molar-refractivity contribution in [3.05, 3.63) is 11.8 Å². The Kier molecular flexibility index (Phi) is 4.29. The number of carbonyl (C=O) groups excluding carboxylic acids is 1. The Morgan fingerprint density at radius 1 is 1.73 bits per heavy atom. The van der Waals surface area contributed by atoms with Crippen LogP contribution in [0.15, 0.2) is 11.8 Å². The molecule has 2 N–H and O–H groups in total. The molecule has 0 heterocycles. The SMILES string of the molecule is CCOC(=O)/C=C(\C)N(C)N. The molecule has 0 fully saturated rings. The van der Waals surface area contributed by atoms with E-state index >= 15 is 0 Å². The highest BCUT2D eigenvalue weighted by molar-refractivity contribution is 5.82. The lowest BCUT2D eigenvalue weighted by molar-refractivity contribution is -0.137. The van der Waals surface area contributed by atoms with Crippen LogP contribution in [-0.4, -0.2) is 24.6 Å². The third-order valence-electron chi connectivity index (χ3n) is 1.17. The Hall–Kier alpha value is -1.03. The number of allylic oxidation sites excluding steroid dienone is 1. The summed E-state index contributed by atoms with van der Waals surface area (Å²) in [6.45, 7) is 3.88. The van der Waals surface area contributed by atoms with E-state index in [1.54, 1.807) is 20.9 Å². The molecule has 64 valence electrons. The van der Waals surface area contributed by atoms with Crippen LogP contribution in [0, 0.1) is 0 Å². The van der Waals surface area contributed by atoms with Crippen molar-refractivity contribution in [1.82, 2.24) is 5.01 Å². The highest BCUT2D eigenvalue weighted by Crippen LogP contribution is 1.93. The average Bonchev–Trinajstić information content (AvgIpc) is 1.87. The molecule has 0 aliphatic rings. The van der Waals surface area contributed by atoms with Crippen LogP contribution in [-0.2, 0) is 9.53 Å². The molecule has 0 aromatic carbocycles. The Bertz CT molecular complexity index is 164. The van der Waals surface area contributed by atoms with E-state index in [4.69, 9.17) is 5.84 Å². The molecule has 0 aliphatic carbocycles. The van der Waals surface area contributed by atoms with E-state index in [0.717, 1.165) is 0 Å². The molecule has 0 radical (unpaired) electrons. The molecule has 4 heteroatoms. The van der Waals surface area contributed by atoms with Gasteiger partial charge in [-0.15, -0.1) is 0 Å². The molecule has 0 aliphatic heterocycles. The van der Waals surface area contributed by atoms with Crippen molar-refractivity contribution in [3.63, 3.8) is 0 Å². The van der Waals surface area contributed by atoms with Crippen LogP contribution in [0.4, 0.5) is 0 Å². The Labute approximate surface area is 66.6 Å². The molecule has 0 aromatic heterocycles. The van der Waals surface area contributed by atoms with Crippen molar-refractivity contribution >= 4 is 5.97 Å². The molecular weight excluding hydrogens is 144 g/mol. The van der Waals surface area contributed by atoms with Crippen LogP contribution < -0.4 is 5.84 Å². The van der Waals surface area contributed by atoms with Crippen molar-refractivity contribution in [3.8, 4) is 0 Å². The summed E-state index contributed by atoms with van der Waals surface area (Å²) in [5.41, 5.74) is 0.670. The molecule has 0 rings (SSSR count). The van der Waals surface area contributed by atoms with E-state index in [2.05, 4.69) is 4.74 Å². The van der Waals surface area contributed by atoms with Crippen molar-refractivity contribution in [2.75, 3.05) is 13.7 Å². The zero-order chi connectivity index (χ0) is 8.85. The van der Waals surface area contributed by atoms with Gasteiger partial charge in [-0.3, -0.25) is 0 Å². The zero-order valence-corrected chi connectivity index (χ0v) is 7.13. The van der Waals surface area contributed by atoms with Gasteiger partial charge in [0.15, 0.2) is 0 Å². The van der Waals surface area contributed by atoms with E-state index in [-0.39, 0.29) is 5.97 Å². The summed E-state index contributed by atoms with van der Waals surface area (Å²) in [4.78, 5) is 10.8. The number of carbonyl (C=O) groups is 1. The molecular formula is C7H14N2O2. The first-order chi connectivity index (χ1) is 5.07. The number of hydrogen-bond acceptors (Lipinski definition) is 4. The summed E-state index contributed by atoms with van der Waals surface area (Å²) < 4.78 is 4.67. The fourth-order valence-electron chi connectivity index (χ4n) is 0.456. The fourth-order valence-corrected chi connectivity index (χ4v) is 0.456. The second-order valence-corrected chi connectivity index (χ2v) is 2.15. The van der Waals surface area contributed by atoms with E-state index in [0.29, 0.717) is 12.3 Å². The van der Waals surface area contributed by atoms with Gasteiger partial charge in [0.25, 0.3) is 0 Å². The van der Waals surface area contributed by atoms with Crippen LogP contribution in [0.25, 0.3) is 0 Å². The number of ether oxygens (including phenoxy) is 1. The molecule has 4 nitrogen and oxygen atoms in total. The molecule has 0 atom stereocenters. The number of nitrogens with zero attached hydrogens (tertiary/aromatic N) is 1. The number of hydrogen-bond donors (Lipinski definition) is 1. The number of rotatable bonds is 3. The summed E-state index contributed by atoms with van der Waals surface area (Å²) in [6, 6.07) is 0. The van der Waals surface area contributed by atoms with E-state index in [1.165, 1.54) is 11.1 Å². The molecule has 0 saturated heterocycles. The maximum absolute atomic E-state index is 10.8. The Morgan fingerprint density at radius 2 is 2.27 bits per heavy atom. The van der Waals surface area contributed by atoms with Crippen LogP contribution in [0.5, 0.6) is 0 Å². The standard InChI is InChI=1S/C7H14N2O2/c1-4-11-7(10)5-6(2)9(3)8/h5H,4,8H2,1-3H3/b6-5+. The van der Waals surface area contributed by atoms with Gasteiger partial charge in [0, 0.05) is 18.8 Å². The second-order valence-electron chi connectivity index (χ2n) is 2.15. The van der Waals surface area contributed by atoms with Crippen molar-refractivity contribution in [2.24, 2.45) is 5.84 Å². The minimum atomic E-state index is -0.359. The van der Waals surface area contributed by atoms with Gasteiger partial charge in [-0.2, -0.15) is 0 Å². The van der Waals surface area contributed by atoms with E-state index in [9.17, 15) is 4.79 Å². The molecule has 0 amide bonds. The first kappa shape index (κ1) is 9.97. The number of nitrogens with two attached hydrogens (primary N) is 1. The lowest BCUT2D eigenvalue weighted by atomic mass is 10.4. The molecule has 0 saturated carbocycles. The molecule has 0 aromatic rings. The second kappa shape index (κ2) is 4.73. The highest BCUT2D eigenvalue weighted by atomic mass is 16.5. The fraction of sp³-hybridized carbons (Fsp3) is 0.571. The molecule has 0 unspecified atom stereocenters. The van der Waals surface area contributed by atoms with E-state index in [1.807, 2.05) is 0 Å². The van der Waals surface area contributed by atoms with Gasteiger partial charge >= 0.3 is 5.97 Å². The minimum absolute atomic E-state index is 0.359. The summed E-state index contributed by atoms with van der Waals surface area (Å²) in [6.07, 6.45) is 1.35. The summed E-state index contributed by atoms with van der Waals surface area (Å²) in [5, 5.41) is 1.36. The minimum Gasteiger partial charge on any atom is -0.463 e. The Morgan fingerprint density at radius 3 is 2.64 bits per heavy atom. The molecule has 0 spiro atoms. The van der Waals surface area contributed by atoms with Crippen molar-refractivity contribution < 1.29 is 9.53 Å². The quantitative estimate of drug-likeness (QED) is 0.277. The third kappa shape index (κ3) is 4.38. The smallest absolute Gasteiger partial charge is 0.332 e. The van der Waals surface area contributed by atoms with Crippen molar-refractivity contribution in [2.45, 2.75) is 13.8 Å². The van der Waals surface area contributed by atoms with Gasteiger partial charge in [-0.25, -0.2) is 10.6 Å². The monoisotopic (exact) mass is 158 g/mol. The zero-order valence-electron chi connectivity index (χ0n) is 7.13. The maximum atomic E-state index is 10.8. The van der Waals surface area contributed by atoms with Gasteiger partial charge in [0.1, 0.15) is 0 Å². The van der Waals surface area contributed by atoms with Crippen LogP contribution in [0.1, 0.15) is 13.8 Å². The van der Waals surface area contributed by atoms with Gasteiger partial charge in [-0.1, -0.05) is 0 Å². The lowest BCUT2D eigenvalue weighted by Gasteiger charge is -2.10. The highest BCUT2D eigenvalue weighted by Gasteiger charge is 1.98. The van der Waals surface area contributed by atoms with Gasteiger partial charge in [-0.05, 0) is 13.8 Å². The summed E-state index contributed by atoms with van der Waals surface area (Å²) >= 11 is 0. The van der Waals surface area contributed by atoms with Crippen LogP contribution in [0.3, 0.4) is 0 Å². The van der Waals surface area contributed by atoms with Crippen LogP contribution in [0.2, 0.25) is 0 Å². The first-order valence-corrected chi connectivity index (χ1v) is 3.41. The maximum Gasteiger partial charge on any atom is 0.332 e. The van der Waals surface area contributed by atoms with Gasteiger partial charge in [0.2, 0.25) is 0 Å². The number of esters is 1. The van der Waals surface area contributed by atoms with Crippen LogP contribution >= 0.6 is 0 Å². The van der Waals surface area contributed by atoms with Crippen molar-refractivity contribution in [1.29, 1.82) is 0 Å². The largest absolute Gasteiger partial charge is 0.463 e. The van der Waals surface area contributed by atoms with Gasteiger partial charge in [0.05, 0.1) is 6.61 Å². The topological polar surface area (TPSA) is 55.6 Å². The normalized spacial score (nSPS) is 11.1. The predicted molar refractivity (Wildman–Crippen MR) is 42.3 cm³/mol. The molecule has 11 heavy (non-hydrogen) atoms. The molecule has 0 bridgehead atoms. The summed E-state index contributed by atoms with van der Waals surface area (Å²) in [5.74, 6) is 4.98. The lowest BCUT2D eigenvalue weighted by Crippen LogP contribution is -2.24. The average molecular weight is 158 g/mol. The van der Waals surface area contributed by atoms with E-state index < -0.39 is 0 Å². The van der Waals surface area contributed by atoms with Gasteiger partial charge < -0.3 is 9.75 Å². The Balaban J connectivity index is 3.97. The first-order valence-electron chi connectivity index (χ1n) is 3.41. The predicted octanol–water partition coefficient (Wildman–Crippen LogP) is 0.259. The number of hydrazine groups is 1. The third-order valence-corrected chi connectivity index (χ3v) is 1.17. The summed E-state index contributed by atoms with van der Waals surface area (Å²) in [7, 11) is 1.66.